The van der Waals surface area contributed by atoms with Gasteiger partial charge in [0, 0.05) is 29.1 Å². The molecule has 0 saturated carbocycles. The average molecular weight is 392 g/mol. The van der Waals surface area contributed by atoms with E-state index in [0.29, 0.717) is 24.5 Å². The highest BCUT2D eigenvalue weighted by molar-refractivity contribution is 6.07. The molecule has 6 heteroatoms. The number of ketones is 1. The SMILES string of the molecule is CC(=O)c1cn(CC(=O)N[C@H](C)c2ccc3c(c2)OCCCO3)c2ccccc12. The third-order valence-electron chi connectivity index (χ3n) is 5.13. The molecule has 3 aromatic rings. The maximum Gasteiger partial charge on any atom is 0.240 e. The van der Waals surface area contributed by atoms with Crippen LogP contribution in [0.2, 0.25) is 0 Å². The molecule has 29 heavy (non-hydrogen) atoms. The fourth-order valence-corrected chi connectivity index (χ4v) is 3.63. The highest BCUT2D eigenvalue weighted by Crippen LogP contribution is 2.32. The lowest BCUT2D eigenvalue weighted by Crippen LogP contribution is -2.30. The van der Waals surface area contributed by atoms with Gasteiger partial charge in [0.05, 0.1) is 19.3 Å². The van der Waals surface area contributed by atoms with Crippen molar-refractivity contribution < 1.29 is 19.1 Å². The zero-order chi connectivity index (χ0) is 20.4. The second-order valence-corrected chi connectivity index (χ2v) is 7.29. The Hall–Kier alpha value is -3.28. The summed E-state index contributed by atoms with van der Waals surface area (Å²) in [5.41, 5.74) is 2.45. The number of Topliss-reactive ketones (excluding diaryl/α,β-unsaturated/α-hetero) is 1. The predicted octanol–water partition coefficient (Wildman–Crippen LogP) is 3.88. The number of hydrogen-bond acceptors (Lipinski definition) is 4. The molecule has 0 bridgehead atoms. The first kappa shape index (κ1) is 19.1. The minimum absolute atomic E-state index is 0.0130. The zero-order valence-electron chi connectivity index (χ0n) is 16.6. The second-order valence-electron chi connectivity index (χ2n) is 7.29. The van der Waals surface area contributed by atoms with Crippen LogP contribution in [0.15, 0.2) is 48.7 Å². The van der Waals surface area contributed by atoms with Crippen molar-refractivity contribution in [3.63, 3.8) is 0 Å². The van der Waals surface area contributed by atoms with E-state index in [1.807, 2.05) is 54.0 Å². The van der Waals surface area contributed by atoms with Gasteiger partial charge in [-0.05, 0) is 37.6 Å². The molecule has 1 atom stereocenters. The van der Waals surface area contributed by atoms with Gasteiger partial charge in [-0.1, -0.05) is 24.3 Å². The number of nitrogens with one attached hydrogen (secondary N) is 1. The fourth-order valence-electron chi connectivity index (χ4n) is 3.63. The second kappa shape index (κ2) is 7.99. The summed E-state index contributed by atoms with van der Waals surface area (Å²) >= 11 is 0. The van der Waals surface area contributed by atoms with Crippen molar-refractivity contribution in [1.82, 2.24) is 9.88 Å². The van der Waals surface area contributed by atoms with Gasteiger partial charge in [0.1, 0.15) is 6.54 Å². The van der Waals surface area contributed by atoms with E-state index < -0.39 is 0 Å². The van der Waals surface area contributed by atoms with E-state index in [0.717, 1.165) is 28.6 Å². The predicted molar refractivity (Wildman–Crippen MR) is 111 cm³/mol. The van der Waals surface area contributed by atoms with Crippen LogP contribution in [-0.4, -0.2) is 29.5 Å². The lowest BCUT2D eigenvalue weighted by atomic mass is 10.1. The lowest BCUT2D eigenvalue weighted by molar-refractivity contribution is -0.122. The summed E-state index contributed by atoms with van der Waals surface area (Å²) in [4.78, 5) is 24.6. The molecule has 0 aliphatic carbocycles. The molecule has 0 unspecified atom stereocenters. The van der Waals surface area contributed by atoms with E-state index in [9.17, 15) is 9.59 Å². The summed E-state index contributed by atoms with van der Waals surface area (Å²) < 4.78 is 13.2. The highest BCUT2D eigenvalue weighted by Gasteiger charge is 2.17. The Kier molecular flexibility index (Phi) is 5.25. The molecule has 1 aromatic heterocycles. The molecular weight excluding hydrogens is 368 g/mol. The molecule has 0 saturated heterocycles. The number of ether oxygens (including phenoxy) is 2. The van der Waals surface area contributed by atoms with Crippen LogP contribution in [0.3, 0.4) is 0 Å². The Morgan fingerprint density at radius 3 is 2.66 bits per heavy atom. The molecule has 0 spiro atoms. The Bertz CT molecular complexity index is 1070. The normalized spacial score (nSPS) is 14.3. The Balaban J connectivity index is 1.50. The number of para-hydroxylation sites is 1. The molecule has 1 amide bonds. The first-order valence-corrected chi connectivity index (χ1v) is 9.80. The van der Waals surface area contributed by atoms with Crippen LogP contribution in [0.25, 0.3) is 10.9 Å². The van der Waals surface area contributed by atoms with Crippen molar-refractivity contribution in [3.05, 3.63) is 59.8 Å². The van der Waals surface area contributed by atoms with Gasteiger partial charge >= 0.3 is 0 Å². The summed E-state index contributed by atoms with van der Waals surface area (Å²) in [6.07, 6.45) is 2.61. The van der Waals surface area contributed by atoms with Gasteiger partial charge < -0.3 is 19.4 Å². The minimum Gasteiger partial charge on any atom is -0.490 e. The zero-order valence-corrected chi connectivity index (χ0v) is 16.6. The smallest absolute Gasteiger partial charge is 0.240 e. The Morgan fingerprint density at radius 2 is 1.86 bits per heavy atom. The van der Waals surface area contributed by atoms with Gasteiger partial charge in [-0.2, -0.15) is 0 Å². The number of amides is 1. The van der Waals surface area contributed by atoms with Crippen LogP contribution in [-0.2, 0) is 11.3 Å². The molecule has 1 N–H and O–H groups in total. The number of rotatable bonds is 5. The van der Waals surface area contributed by atoms with Crippen LogP contribution >= 0.6 is 0 Å². The van der Waals surface area contributed by atoms with E-state index in [1.54, 1.807) is 13.1 Å². The molecular formula is C23H24N2O4. The van der Waals surface area contributed by atoms with Crippen molar-refractivity contribution in [1.29, 1.82) is 0 Å². The maximum atomic E-state index is 12.7. The first-order chi connectivity index (χ1) is 14.0. The summed E-state index contributed by atoms with van der Waals surface area (Å²) in [6, 6.07) is 13.2. The quantitative estimate of drug-likeness (QED) is 0.669. The van der Waals surface area contributed by atoms with E-state index in [2.05, 4.69) is 5.32 Å². The van der Waals surface area contributed by atoms with E-state index in [-0.39, 0.29) is 24.3 Å². The number of fused-ring (bicyclic) bond motifs is 2. The first-order valence-electron chi connectivity index (χ1n) is 9.80. The van der Waals surface area contributed by atoms with Crippen LogP contribution in [0, 0.1) is 0 Å². The molecule has 2 heterocycles. The van der Waals surface area contributed by atoms with E-state index in [4.69, 9.17) is 9.47 Å². The summed E-state index contributed by atoms with van der Waals surface area (Å²) in [7, 11) is 0. The van der Waals surface area contributed by atoms with Gasteiger partial charge in [0.2, 0.25) is 5.91 Å². The Morgan fingerprint density at radius 1 is 1.10 bits per heavy atom. The van der Waals surface area contributed by atoms with Crippen molar-refractivity contribution in [2.24, 2.45) is 0 Å². The van der Waals surface area contributed by atoms with Crippen LogP contribution in [0.5, 0.6) is 11.5 Å². The van der Waals surface area contributed by atoms with Crippen LogP contribution in [0.4, 0.5) is 0 Å². The molecule has 0 fully saturated rings. The number of aromatic nitrogens is 1. The molecule has 2 aromatic carbocycles. The van der Waals surface area contributed by atoms with Crippen molar-refractivity contribution >= 4 is 22.6 Å². The summed E-state index contributed by atoms with van der Waals surface area (Å²) in [5, 5.41) is 3.89. The van der Waals surface area contributed by atoms with Gasteiger partial charge in [0.15, 0.2) is 17.3 Å². The monoisotopic (exact) mass is 392 g/mol. The molecule has 1 aliphatic rings. The standard InChI is InChI=1S/C23H24N2O4/c1-15(17-8-9-21-22(12-17)29-11-5-10-28-21)24-23(27)14-25-13-19(16(2)26)18-6-3-4-7-20(18)25/h3-4,6-9,12-13,15H,5,10-11,14H2,1-2H3,(H,24,27)/t15-/m1/s1. The topological polar surface area (TPSA) is 69.6 Å². The highest BCUT2D eigenvalue weighted by atomic mass is 16.5. The van der Waals surface area contributed by atoms with Crippen molar-refractivity contribution in [2.75, 3.05) is 13.2 Å². The summed E-state index contributed by atoms with van der Waals surface area (Å²) in [5.74, 6) is 1.31. The molecule has 0 radical (unpaired) electrons. The van der Waals surface area contributed by atoms with Gasteiger partial charge in [-0.3, -0.25) is 9.59 Å². The number of carbonyl (C=O) groups excluding carboxylic acids is 2. The fraction of sp³-hybridized carbons (Fsp3) is 0.304. The number of benzene rings is 2. The third kappa shape index (κ3) is 3.97. The number of hydrogen-bond donors (Lipinski definition) is 1. The lowest BCUT2D eigenvalue weighted by Gasteiger charge is -2.17. The third-order valence-corrected chi connectivity index (χ3v) is 5.13. The number of nitrogens with zero attached hydrogens (tertiary/aromatic N) is 1. The van der Waals surface area contributed by atoms with E-state index >= 15 is 0 Å². The van der Waals surface area contributed by atoms with Crippen LogP contribution < -0.4 is 14.8 Å². The van der Waals surface area contributed by atoms with Crippen molar-refractivity contribution in [2.45, 2.75) is 32.9 Å². The van der Waals surface area contributed by atoms with Crippen molar-refractivity contribution in [3.8, 4) is 11.5 Å². The maximum absolute atomic E-state index is 12.7. The molecule has 4 rings (SSSR count). The van der Waals surface area contributed by atoms with Gasteiger partial charge in [-0.15, -0.1) is 0 Å². The van der Waals surface area contributed by atoms with Crippen LogP contribution in [0.1, 0.15) is 42.2 Å². The Labute approximate surface area is 169 Å². The molecule has 1 aliphatic heterocycles. The molecule has 6 nitrogen and oxygen atoms in total. The summed E-state index contributed by atoms with van der Waals surface area (Å²) in [6.45, 7) is 4.88. The van der Waals surface area contributed by atoms with E-state index in [1.165, 1.54) is 0 Å². The molecule has 150 valence electrons. The minimum atomic E-state index is -0.186. The van der Waals surface area contributed by atoms with Gasteiger partial charge in [0.25, 0.3) is 0 Å². The van der Waals surface area contributed by atoms with Gasteiger partial charge in [-0.25, -0.2) is 0 Å². The largest absolute Gasteiger partial charge is 0.490 e. The number of carbonyl (C=O) groups is 2. The average Bonchev–Trinajstić information content (AvgIpc) is 2.90.